The van der Waals surface area contributed by atoms with E-state index in [1.807, 2.05) is 13.8 Å². The van der Waals surface area contributed by atoms with Crippen LogP contribution in [0.5, 0.6) is 0 Å². The molecule has 1 aliphatic rings. The molecule has 1 rings (SSSR count). The Kier molecular flexibility index (Phi) is 7.53. The first-order valence-electron chi connectivity index (χ1n) is 7.96. The van der Waals surface area contributed by atoms with Gasteiger partial charge < -0.3 is 30.5 Å². The maximum absolute atomic E-state index is 10.8. The third-order valence-electron chi connectivity index (χ3n) is 3.98. The van der Waals surface area contributed by atoms with Crippen molar-refractivity contribution in [3.8, 4) is 0 Å². The van der Waals surface area contributed by atoms with E-state index in [0.717, 1.165) is 19.3 Å². The van der Waals surface area contributed by atoms with Crippen LogP contribution < -0.4 is 5.32 Å². The lowest BCUT2D eigenvalue weighted by molar-refractivity contribution is -0.322. The summed E-state index contributed by atoms with van der Waals surface area (Å²) < 4.78 is 5.53. The van der Waals surface area contributed by atoms with Gasteiger partial charge in [0.2, 0.25) is 0 Å². The number of hydrogen-bond acceptors (Lipinski definition) is 6. The zero-order valence-electron chi connectivity index (χ0n) is 13.3. The van der Waals surface area contributed by atoms with E-state index >= 15 is 0 Å². The second-order valence-electron chi connectivity index (χ2n) is 6.40. The summed E-state index contributed by atoms with van der Waals surface area (Å²) in [6, 6.07) is -0.769. The molecule has 5 atom stereocenters. The smallest absolute Gasteiger partial charge is 0.184 e. The Morgan fingerprint density at radius 3 is 2.38 bits per heavy atom. The molecule has 0 saturated carbocycles. The van der Waals surface area contributed by atoms with Crippen LogP contribution in [0.4, 0.5) is 0 Å². The van der Waals surface area contributed by atoms with Crippen LogP contribution in [0.15, 0.2) is 0 Å². The van der Waals surface area contributed by atoms with Crippen molar-refractivity contribution in [1.82, 2.24) is 5.32 Å². The number of ether oxygens (including phenoxy) is 1. The van der Waals surface area contributed by atoms with Crippen LogP contribution >= 0.6 is 0 Å². The molecule has 1 saturated heterocycles. The lowest BCUT2D eigenvalue weighted by atomic mass is 9.87. The van der Waals surface area contributed by atoms with E-state index in [1.54, 1.807) is 0 Å². The number of aliphatic hydroxyl groups is 4. The Hall–Kier alpha value is -0.240. The molecule has 21 heavy (non-hydrogen) atoms. The maximum Gasteiger partial charge on any atom is 0.184 e. The second-order valence-corrected chi connectivity index (χ2v) is 6.40. The molecule has 0 aliphatic carbocycles. The lowest BCUT2D eigenvalue weighted by Crippen LogP contribution is -2.69. The summed E-state index contributed by atoms with van der Waals surface area (Å²) in [5.74, 6) is -1.24. The molecule has 1 heterocycles. The van der Waals surface area contributed by atoms with Gasteiger partial charge in [0.1, 0.15) is 18.3 Å². The van der Waals surface area contributed by atoms with Gasteiger partial charge in [-0.05, 0) is 18.9 Å². The van der Waals surface area contributed by atoms with Crippen molar-refractivity contribution in [3.63, 3.8) is 0 Å². The van der Waals surface area contributed by atoms with Gasteiger partial charge in [0, 0.05) is 6.42 Å². The first-order chi connectivity index (χ1) is 9.85. The molecule has 0 spiro atoms. The summed E-state index contributed by atoms with van der Waals surface area (Å²) in [7, 11) is 0. The molecule has 0 aromatic carbocycles. The summed E-state index contributed by atoms with van der Waals surface area (Å²) in [6.45, 7) is 6.26. The highest BCUT2D eigenvalue weighted by molar-refractivity contribution is 5.00. The number of hydrogen-bond donors (Lipinski definition) is 5. The van der Waals surface area contributed by atoms with Crippen LogP contribution in [-0.2, 0) is 4.74 Å². The largest absolute Gasteiger partial charge is 0.394 e. The molecule has 0 aromatic heterocycles. The second kappa shape index (κ2) is 8.41. The summed E-state index contributed by atoms with van der Waals surface area (Å²) in [6.07, 6.45) is -0.291. The summed E-state index contributed by atoms with van der Waals surface area (Å²) >= 11 is 0. The third-order valence-corrected chi connectivity index (χ3v) is 3.98. The van der Waals surface area contributed by atoms with Gasteiger partial charge in [0.25, 0.3) is 0 Å². The minimum atomic E-state index is -1.57. The molecule has 0 bridgehead atoms. The van der Waals surface area contributed by atoms with Crippen molar-refractivity contribution in [2.75, 3.05) is 13.2 Å². The molecule has 6 nitrogen and oxygen atoms in total. The van der Waals surface area contributed by atoms with E-state index in [9.17, 15) is 20.4 Å². The molecule has 0 radical (unpaired) electrons. The highest BCUT2D eigenvalue weighted by atomic mass is 16.6. The van der Waals surface area contributed by atoms with Crippen molar-refractivity contribution in [2.24, 2.45) is 5.92 Å². The Balaban J connectivity index is 2.83. The standard InChI is InChI=1S/C15H31NO5/c1-4-5-6-7-15(20)14(16-8-10(2)3)13(19)12(18)11(9-17)21-15/h10-14,16-20H,4-9H2,1-3H3/t11-,12+,13+,14-,15?/m1/s1. The molecule has 1 fully saturated rings. The first kappa shape index (κ1) is 18.8. The van der Waals surface area contributed by atoms with Gasteiger partial charge in [-0.25, -0.2) is 0 Å². The molecule has 0 amide bonds. The van der Waals surface area contributed by atoms with Crippen molar-refractivity contribution < 1.29 is 25.2 Å². The Labute approximate surface area is 127 Å². The fourth-order valence-electron chi connectivity index (χ4n) is 2.72. The topological polar surface area (TPSA) is 102 Å². The van der Waals surface area contributed by atoms with E-state index in [2.05, 4.69) is 12.2 Å². The maximum atomic E-state index is 10.8. The zero-order chi connectivity index (χ0) is 16.0. The van der Waals surface area contributed by atoms with E-state index in [0.29, 0.717) is 18.9 Å². The van der Waals surface area contributed by atoms with Crippen molar-refractivity contribution in [3.05, 3.63) is 0 Å². The van der Waals surface area contributed by atoms with E-state index in [4.69, 9.17) is 4.74 Å². The van der Waals surface area contributed by atoms with Crippen LogP contribution in [0.25, 0.3) is 0 Å². The number of rotatable bonds is 8. The van der Waals surface area contributed by atoms with Crippen molar-refractivity contribution >= 4 is 0 Å². The van der Waals surface area contributed by atoms with Crippen LogP contribution in [0.3, 0.4) is 0 Å². The van der Waals surface area contributed by atoms with Crippen molar-refractivity contribution in [1.29, 1.82) is 0 Å². The van der Waals surface area contributed by atoms with Crippen LogP contribution in [-0.4, -0.2) is 63.7 Å². The Bertz CT molecular complexity index is 302. The lowest BCUT2D eigenvalue weighted by Gasteiger charge is -2.48. The summed E-state index contributed by atoms with van der Waals surface area (Å²) in [5.41, 5.74) is 0. The SMILES string of the molecule is CCCCCC1(O)O[C@H](CO)[C@H](O)[C@H](O)[C@H]1NCC(C)C. The summed E-state index contributed by atoms with van der Waals surface area (Å²) in [4.78, 5) is 0. The van der Waals surface area contributed by atoms with Gasteiger partial charge in [-0.1, -0.05) is 33.6 Å². The minimum Gasteiger partial charge on any atom is -0.394 e. The predicted octanol–water partition coefficient (Wildman–Crippen LogP) is -0.0176. The molecule has 126 valence electrons. The Morgan fingerprint density at radius 2 is 1.86 bits per heavy atom. The highest BCUT2D eigenvalue weighted by Gasteiger charge is 2.52. The molecule has 1 aliphatic heterocycles. The van der Waals surface area contributed by atoms with Crippen LogP contribution in [0.1, 0.15) is 46.5 Å². The fourth-order valence-corrected chi connectivity index (χ4v) is 2.72. The minimum absolute atomic E-state index is 0.338. The summed E-state index contributed by atoms with van der Waals surface area (Å²) in [5, 5.41) is 43.4. The number of nitrogens with one attached hydrogen (secondary N) is 1. The average molecular weight is 305 g/mol. The van der Waals surface area contributed by atoms with Crippen molar-refractivity contribution in [2.45, 2.75) is 76.6 Å². The predicted molar refractivity (Wildman–Crippen MR) is 79.7 cm³/mol. The number of aliphatic hydroxyl groups excluding tert-OH is 3. The first-order valence-corrected chi connectivity index (χ1v) is 7.96. The average Bonchev–Trinajstić information content (AvgIpc) is 2.43. The quantitative estimate of drug-likeness (QED) is 0.404. The fraction of sp³-hybridized carbons (Fsp3) is 1.00. The molecule has 1 unspecified atom stereocenters. The van der Waals surface area contributed by atoms with Gasteiger partial charge >= 0.3 is 0 Å². The highest BCUT2D eigenvalue weighted by Crippen LogP contribution is 2.32. The van der Waals surface area contributed by atoms with Gasteiger partial charge in [0.05, 0.1) is 12.6 Å². The van der Waals surface area contributed by atoms with E-state index < -0.39 is 36.7 Å². The van der Waals surface area contributed by atoms with E-state index in [1.165, 1.54) is 0 Å². The monoisotopic (exact) mass is 305 g/mol. The molecule has 5 N–H and O–H groups in total. The van der Waals surface area contributed by atoms with Crippen LogP contribution in [0, 0.1) is 5.92 Å². The molecule has 0 aromatic rings. The third kappa shape index (κ3) is 4.87. The van der Waals surface area contributed by atoms with Crippen LogP contribution in [0.2, 0.25) is 0 Å². The molecular formula is C15H31NO5. The van der Waals surface area contributed by atoms with Gasteiger partial charge in [-0.15, -0.1) is 0 Å². The number of unbranched alkanes of at least 4 members (excludes halogenated alkanes) is 2. The van der Waals surface area contributed by atoms with Gasteiger partial charge in [-0.3, -0.25) is 0 Å². The Morgan fingerprint density at radius 1 is 1.19 bits per heavy atom. The zero-order valence-corrected chi connectivity index (χ0v) is 13.3. The van der Waals surface area contributed by atoms with Gasteiger partial charge in [-0.2, -0.15) is 0 Å². The molecular weight excluding hydrogens is 274 g/mol. The van der Waals surface area contributed by atoms with Gasteiger partial charge in [0.15, 0.2) is 5.79 Å². The molecule has 6 heteroatoms. The van der Waals surface area contributed by atoms with E-state index in [-0.39, 0.29) is 0 Å². The normalized spacial score (nSPS) is 37.1.